The third-order valence-corrected chi connectivity index (χ3v) is 2.65. The van der Waals surface area contributed by atoms with Crippen molar-refractivity contribution in [3.05, 3.63) is 0 Å². The largest absolute Gasteiger partial charge is 0.480 e. The lowest BCUT2D eigenvalue weighted by atomic mass is 10.1. The lowest BCUT2D eigenvalue weighted by Gasteiger charge is -2.16. The van der Waals surface area contributed by atoms with Gasteiger partial charge in [-0.05, 0) is 32.9 Å². The van der Waals surface area contributed by atoms with E-state index < -0.39 is 36.1 Å². The Kier molecular flexibility index (Phi) is 8.45. The van der Waals surface area contributed by atoms with Crippen molar-refractivity contribution >= 4 is 17.9 Å². The Bertz CT molecular complexity index is 322. The van der Waals surface area contributed by atoms with Crippen LogP contribution < -0.4 is 10.6 Å². The third-order valence-electron chi connectivity index (χ3n) is 2.65. The first-order valence-electron chi connectivity index (χ1n) is 6.09. The molecular weight excluding hydrogens is 272 g/mol. The molecule has 0 radical (unpaired) electrons. The molecular formula is C11H20N2O7. The number of aliphatic hydroxyl groups is 1. The van der Waals surface area contributed by atoms with Crippen molar-refractivity contribution in [3.8, 4) is 0 Å². The van der Waals surface area contributed by atoms with Gasteiger partial charge in [-0.25, -0.2) is 4.79 Å². The monoisotopic (exact) mass is 292 g/mol. The Labute approximate surface area is 115 Å². The molecule has 0 heterocycles. The SMILES string of the molecule is C[C@H](NCC[C@H](NCC[C@H](O)C(=O)O)C(=O)O)C(=O)O. The molecule has 0 unspecified atom stereocenters. The van der Waals surface area contributed by atoms with E-state index >= 15 is 0 Å². The topological polar surface area (TPSA) is 156 Å². The van der Waals surface area contributed by atoms with Gasteiger partial charge in [0.15, 0.2) is 6.10 Å². The van der Waals surface area contributed by atoms with Gasteiger partial charge in [-0.2, -0.15) is 0 Å². The van der Waals surface area contributed by atoms with Crippen LogP contribution >= 0.6 is 0 Å². The zero-order valence-corrected chi connectivity index (χ0v) is 11.1. The van der Waals surface area contributed by atoms with Gasteiger partial charge in [0.1, 0.15) is 12.1 Å². The van der Waals surface area contributed by atoms with Gasteiger partial charge in [-0.1, -0.05) is 0 Å². The summed E-state index contributed by atoms with van der Waals surface area (Å²) in [6.45, 7) is 1.65. The molecule has 0 aliphatic rings. The van der Waals surface area contributed by atoms with Crippen molar-refractivity contribution in [3.63, 3.8) is 0 Å². The normalized spacial score (nSPS) is 15.3. The summed E-state index contributed by atoms with van der Waals surface area (Å²) in [5.74, 6) is -3.52. The molecule has 0 aliphatic heterocycles. The Morgan fingerprint density at radius 1 is 0.900 bits per heavy atom. The highest BCUT2D eigenvalue weighted by Crippen LogP contribution is 1.95. The Morgan fingerprint density at radius 3 is 1.90 bits per heavy atom. The lowest BCUT2D eigenvalue weighted by molar-refractivity contribution is -0.146. The van der Waals surface area contributed by atoms with Crippen LogP contribution in [-0.2, 0) is 14.4 Å². The van der Waals surface area contributed by atoms with Crippen LogP contribution in [0.5, 0.6) is 0 Å². The number of carbonyl (C=O) groups is 3. The lowest BCUT2D eigenvalue weighted by Crippen LogP contribution is -2.42. The van der Waals surface area contributed by atoms with Gasteiger partial charge in [0.05, 0.1) is 0 Å². The van der Waals surface area contributed by atoms with Crippen molar-refractivity contribution in [1.82, 2.24) is 10.6 Å². The summed E-state index contributed by atoms with van der Waals surface area (Å²) in [6, 6.07) is -1.72. The smallest absolute Gasteiger partial charge is 0.332 e. The fourth-order valence-corrected chi connectivity index (χ4v) is 1.36. The molecule has 9 heteroatoms. The highest BCUT2D eigenvalue weighted by molar-refractivity contribution is 5.74. The molecule has 0 spiro atoms. The summed E-state index contributed by atoms with van der Waals surface area (Å²) in [6.07, 6.45) is -1.52. The number of aliphatic hydroxyl groups excluding tert-OH is 1. The molecule has 0 aromatic rings. The summed E-state index contributed by atoms with van der Waals surface area (Å²) in [5.41, 5.74) is 0. The van der Waals surface area contributed by atoms with E-state index in [1.165, 1.54) is 6.92 Å². The van der Waals surface area contributed by atoms with Crippen molar-refractivity contribution in [2.45, 2.75) is 38.0 Å². The van der Waals surface area contributed by atoms with Crippen LogP contribution in [0.1, 0.15) is 19.8 Å². The van der Waals surface area contributed by atoms with Gasteiger partial charge in [0.25, 0.3) is 0 Å². The van der Waals surface area contributed by atoms with Gasteiger partial charge < -0.3 is 31.1 Å². The molecule has 6 N–H and O–H groups in total. The highest BCUT2D eigenvalue weighted by atomic mass is 16.4. The van der Waals surface area contributed by atoms with Crippen molar-refractivity contribution in [2.24, 2.45) is 0 Å². The van der Waals surface area contributed by atoms with Gasteiger partial charge >= 0.3 is 17.9 Å². The molecule has 0 saturated carbocycles. The van der Waals surface area contributed by atoms with Crippen LogP contribution in [0.3, 0.4) is 0 Å². The molecule has 0 bridgehead atoms. The Hall–Kier alpha value is -1.71. The minimum Gasteiger partial charge on any atom is -0.480 e. The minimum atomic E-state index is -1.54. The first kappa shape index (κ1) is 18.3. The van der Waals surface area contributed by atoms with Crippen LogP contribution in [-0.4, -0.2) is 69.6 Å². The summed E-state index contributed by atoms with van der Waals surface area (Å²) in [5, 5.41) is 40.3. The van der Waals surface area contributed by atoms with E-state index in [1.54, 1.807) is 0 Å². The summed E-state index contributed by atoms with van der Waals surface area (Å²) in [4.78, 5) is 31.8. The van der Waals surface area contributed by atoms with Crippen molar-refractivity contribution in [2.75, 3.05) is 13.1 Å². The maximum atomic E-state index is 10.9. The van der Waals surface area contributed by atoms with E-state index in [-0.39, 0.29) is 25.9 Å². The predicted molar refractivity (Wildman–Crippen MR) is 67.4 cm³/mol. The second-order valence-electron chi connectivity index (χ2n) is 4.29. The fourth-order valence-electron chi connectivity index (χ4n) is 1.36. The number of hydrogen-bond acceptors (Lipinski definition) is 6. The van der Waals surface area contributed by atoms with Crippen LogP contribution in [0, 0.1) is 0 Å². The Morgan fingerprint density at radius 2 is 1.45 bits per heavy atom. The quantitative estimate of drug-likeness (QED) is 0.261. The van der Waals surface area contributed by atoms with Crippen molar-refractivity contribution in [1.29, 1.82) is 0 Å². The third kappa shape index (κ3) is 7.67. The molecule has 0 fully saturated rings. The van der Waals surface area contributed by atoms with E-state index in [2.05, 4.69) is 10.6 Å². The van der Waals surface area contributed by atoms with E-state index in [4.69, 9.17) is 20.4 Å². The molecule has 0 saturated heterocycles. The molecule has 0 aromatic heterocycles. The second-order valence-corrected chi connectivity index (χ2v) is 4.29. The van der Waals surface area contributed by atoms with Gasteiger partial charge in [-0.3, -0.25) is 9.59 Å². The van der Waals surface area contributed by atoms with E-state index in [0.29, 0.717) is 0 Å². The van der Waals surface area contributed by atoms with E-state index in [9.17, 15) is 14.4 Å². The number of nitrogens with one attached hydrogen (secondary N) is 2. The standard InChI is InChI=1S/C11H20N2O7/c1-6(9(15)16)12-4-2-7(10(17)18)13-5-3-8(14)11(19)20/h6-8,12-14H,2-5H2,1H3,(H,15,16)(H,17,18)(H,19,20)/t6-,7-,8-/m0/s1. The first-order valence-corrected chi connectivity index (χ1v) is 6.09. The number of carboxylic acid groups (broad SMARTS) is 3. The average molecular weight is 292 g/mol. The van der Waals surface area contributed by atoms with Gasteiger partial charge in [0, 0.05) is 0 Å². The second kappa shape index (κ2) is 9.23. The van der Waals surface area contributed by atoms with Crippen LogP contribution in [0.2, 0.25) is 0 Å². The minimum absolute atomic E-state index is 0.0267. The number of aliphatic carboxylic acids is 3. The number of carboxylic acids is 3. The molecule has 0 rings (SSSR count). The predicted octanol–water partition coefficient (Wildman–Crippen LogP) is -1.68. The van der Waals surface area contributed by atoms with E-state index in [1.807, 2.05) is 0 Å². The van der Waals surface area contributed by atoms with Gasteiger partial charge in [0.2, 0.25) is 0 Å². The molecule has 0 amide bonds. The Balaban J connectivity index is 4.03. The molecule has 0 aliphatic carbocycles. The number of rotatable bonds is 11. The van der Waals surface area contributed by atoms with Gasteiger partial charge in [-0.15, -0.1) is 0 Å². The first-order chi connectivity index (χ1) is 9.25. The van der Waals surface area contributed by atoms with Crippen LogP contribution in [0.4, 0.5) is 0 Å². The summed E-state index contributed by atoms with van der Waals surface area (Å²) in [7, 11) is 0. The molecule has 9 nitrogen and oxygen atoms in total. The number of hydrogen-bond donors (Lipinski definition) is 6. The van der Waals surface area contributed by atoms with Crippen LogP contribution in [0.15, 0.2) is 0 Å². The maximum Gasteiger partial charge on any atom is 0.332 e. The zero-order chi connectivity index (χ0) is 15.7. The van der Waals surface area contributed by atoms with E-state index in [0.717, 1.165) is 0 Å². The maximum absolute atomic E-state index is 10.9. The molecule has 3 atom stereocenters. The summed E-state index contributed by atoms with van der Waals surface area (Å²) >= 11 is 0. The van der Waals surface area contributed by atoms with Crippen molar-refractivity contribution < 1.29 is 34.8 Å². The average Bonchev–Trinajstić information content (AvgIpc) is 2.35. The molecule has 0 aromatic carbocycles. The highest BCUT2D eigenvalue weighted by Gasteiger charge is 2.19. The van der Waals surface area contributed by atoms with Crippen LogP contribution in [0.25, 0.3) is 0 Å². The fraction of sp³-hybridized carbons (Fsp3) is 0.727. The molecule has 20 heavy (non-hydrogen) atoms. The summed E-state index contributed by atoms with van der Waals surface area (Å²) < 4.78 is 0. The molecule has 116 valence electrons. The zero-order valence-electron chi connectivity index (χ0n) is 11.1.